The zero-order valence-electron chi connectivity index (χ0n) is 14.0. The average Bonchev–Trinajstić information content (AvgIpc) is 2.44. The molecule has 1 N–H and O–H groups in total. The molecule has 0 radical (unpaired) electrons. The lowest BCUT2D eigenvalue weighted by molar-refractivity contribution is -0.0468. The molecule has 0 amide bonds. The molecule has 1 atom stereocenters. The molecule has 0 bridgehead atoms. The van der Waals surface area contributed by atoms with Crippen LogP contribution in [-0.4, -0.2) is 19.8 Å². The molecule has 0 spiro atoms. The van der Waals surface area contributed by atoms with Gasteiger partial charge in [0.1, 0.15) is 0 Å². The van der Waals surface area contributed by atoms with Crippen LogP contribution in [0.2, 0.25) is 0 Å². The van der Waals surface area contributed by atoms with E-state index in [0.29, 0.717) is 5.92 Å². The summed E-state index contributed by atoms with van der Waals surface area (Å²) in [4.78, 5) is 0. The van der Waals surface area contributed by atoms with Crippen molar-refractivity contribution in [1.82, 2.24) is 5.32 Å². The highest BCUT2D eigenvalue weighted by Gasteiger charge is 2.35. The molecule has 0 heterocycles. The molecule has 114 valence electrons. The Hall–Kier alpha value is -0.860. The molecule has 2 heteroatoms. The van der Waals surface area contributed by atoms with Gasteiger partial charge in [0, 0.05) is 7.11 Å². The first-order valence-corrected chi connectivity index (χ1v) is 7.84. The predicted octanol–water partition coefficient (Wildman–Crippen LogP) is 4.35. The second-order valence-electron chi connectivity index (χ2n) is 6.04. The second-order valence-corrected chi connectivity index (χ2v) is 6.04. The van der Waals surface area contributed by atoms with Crippen LogP contribution in [0.5, 0.6) is 0 Å². The van der Waals surface area contributed by atoms with E-state index in [0.717, 1.165) is 19.3 Å². The molecular formula is C18H31NO. The van der Waals surface area contributed by atoms with Crippen LogP contribution in [-0.2, 0) is 11.2 Å². The Balaban J connectivity index is 3.11. The highest BCUT2D eigenvalue weighted by molar-refractivity contribution is 5.28. The fraction of sp³-hybridized carbons (Fsp3) is 0.667. The summed E-state index contributed by atoms with van der Waals surface area (Å²) in [6.45, 7) is 8.93. The van der Waals surface area contributed by atoms with Crippen LogP contribution >= 0.6 is 0 Å². The molecule has 0 aliphatic rings. The van der Waals surface area contributed by atoms with Crippen molar-refractivity contribution < 1.29 is 4.74 Å². The van der Waals surface area contributed by atoms with Gasteiger partial charge >= 0.3 is 0 Å². The minimum atomic E-state index is -0.134. The van der Waals surface area contributed by atoms with Crippen molar-refractivity contribution in [2.75, 3.05) is 14.2 Å². The smallest absolute Gasteiger partial charge is 0.0867 e. The molecule has 1 unspecified atom stereocenters. The zero-order valence-corrected chi connectivity index (χ0v) is 14.0. The highest BCUT2D eigenvalue weighted by atomic mass is 16.5. The summed E-state index contributed by atoms with van der Waals surface area (Å²) in [6, 6.07) is 9.17. The van der Waals surface area contributed by atoms with E-state index in [2.05, 4.69) is 57.3 Å². The topological polar surface area (TPSA) is 21.3 Å². The third kappa shape index (κ3) is 3.83. The quantitative estimate of drug-likeness (QED) is 0.762. The summed E-state index contributed by atoms with van der Waals surface area (Å²) in [7, 11) is 3.86. The number of ether oxygens (including phenoxy) is 1. The first-order valence-electron chi connectivity index (χ1n) is 7.84. The molecular weight excluding hydrogens is 246 g/mol. The zero-order chi connectivity index (χ0) is 15.2. The predicted molar refractivity (Wildman–Crippen MR) is 87.1 cm³/mol. The summed E-state index contributed by atoms with van der Waals surface area (Å²) in [6.07, 6.45) is 3.13. The van der Waals surface area contributed by atoms with Gasteiger partial charge in [0.15, 0.2) is 0 Å². The van der Waals surface area contributed by atoms with Gasteiger partial charge in [0.2, 0.25) is 0 Å². The van der Waals surface area contributed by atoms with Gasteiger partial charge in [0.25, 0.3) is 0 Å². The van der Waals surface area contributed by atoms with Crippen LogP contribution in [0, 0.1) is 5.92 Å². The maximum atomic E-state index is 5.90. The Labute approximate surface area is 124 Å². The van der Waals surface area contributed by atoms with E-state index in [1.165, 1.54) is 11.1 Å². The number of benzene rings is 1. The van der Waals surface area contributed by atoms with Gasteiger partial charge in [-0.3, -0.25) is 0 Å². The largest absolute Gasteiger partial charge is 0.376 e. The van der Waals surface area contributed by atoms with Gasteiger partial charge < -0.3 is 10.1 Å². The van der Waals surface area contributed by atoms with E-state index in [4.69, 9.17) is 4.74 Å². The lowest BCUT2D eigenvalue weighted by Gasteiger charge is -2.38. The SMILES string of the molecule is CCC(CC)(OC)C(NC)c1cccc(CC(C)C)c1. The first-order chi connectivity index (χ1) is 9.52. The second kappa shape index (κ2) is 7.80. The Morgan fingerprint density at radius 1 is 1.20 bits per heavy atom. The van der Waals surface area contributed by atoms with Gasteiger partial charge in [0.05, 0.1) is 11.6 Å². The Morgan fingerprint density at radius 2 is 1.85 bits per heavy atom. The van der Waals surface area contributed by atoms with Crippen molar-refractivity contribution in [3.63, 3.8) is 0 Å². The molecule has 1 aromatic rings. The molecule has 0 aromatic heterocycles. The summed E-state index contributed by atoms with van der Waals surface area (Å²) in [5.74, 6) is 0.683. The lowest BCUT2D eigenvalue weighted by atomic mass is 9.83. The van der Waals surface area contributed by atoms with Crippen molar-refractivity contribution in [3.8, 4) is 0 Å². The number of nitrogens with one attached hydrogen (secondary N) is 1. The number of hydrogen-bond acceptors (Lipinski definition) is 2. The standard InChI is InChI=1S/C18H31NO/c1-7-18(8-2,20-6)17(19-5)16-11-9-10-15(13-16)12-14(3)4/h9-11,13-14,17,19H,7-8,12H2,1-6H3. The average molecular weight is 277 g/mol. The van der Waals surface area contributed by atoms with Crippen molar-refractivity contribution in [1.29, 1.82) is 0 Å². The van der Waals surface area contributed by atoms with E-state index in [1.54, 1.807) is 0 Å². The van der Waals surface area contributed by atoms with Crippen LogP contribution in [0.1, 0.15) is 57.7 Å². The van der Waals surface area contributed by atoms with Crippen molar-refractivity contribution in [3.05, 3.63) is 35.4 Å². The Morgan fingerprint density at radius 3 is 2.30 bits per heavy atom. The van der Waals surface area contributed by atoms with Crippen molar-refractivity contribution >= 4 is 0 Å². The molecule has 20 heavy (non-hydrogen) atoms. The third-order valence-electron chi connectivity index (χ3n) is 4.35. The van der Waals surface area contributed by atoms with E-state index in [-0.39, 0.29) is 11.6 Å². The van der Waals surface area contributed by atoms with Crippen LogP contribution in [0.25, 0.3) is 0 Å². The molecule has 0 fully saturated rings. The molecule has 1 aromatic carbocycles. The van der Waals surface area contributed by atoms with Crippen molar-refractivity contribution in [2.45, 2.75) is 58.6 Å². The van der Waals surface area contributed by atoms with Gasteiger partial charge in [-0.05, 0) is 43.4 Å². The first kappa shape index (κ1) is 17.2. The van der Waals surface area contributed by atoms with E-state index >= 15 is 0 Å². The summed E-state index contributed by atoms with van der Waals surface area (Å²) in [5, 5.41) is 3.47. The van der Waals surface area contributed by atoms with E-state index < -0.39 is 0 Å². The van der Waals surface area contributed by atoms with E-state index in [9.17, 15) is 0 Å². The number of rotatable bonds is 8. The van der Waals surface area contributed by atoms with Crippen molar-refractivity contribution in [2.24, 2.45) is 5.92 Å². The molecule has 0 aliphatic heterocycles. The number of likely N-dealkylation sites (N-methyl/N-ethyl adjacent to an activating group) is 1. The minimum Gasteiger partial charge on any atom is -0.376 e. The van der Waals surface area contributed by atoms with E-state index in [1.807, 2.05) is 14.2 Å². The Kier molecular flexibility index (Phi) is 6.70. The lowest BCUT2D eigenvalue weighted by Crippen LogP contribution is -2.43. The molecule has 2 nitrogen and oxygen atoms in total. The maximum absolute atomic E-state index is 5.90. The molecule has 0 saturated carbocycles. The summed E-state index contributed by atoms with van der Waals surface area (Å²) >= 11 is 0. The fourth-order valence-electron chi connectivity index (χ4n) is 3.17. The van der Waals surface area contributed by atoms with Gasteiger partial charge in [-0.1, -0.05) is 52.0 Å². The third-order valence-corrected chi connectivity index (χ3v) is 4.35. The van der Waals surface area contributed by atoms with Crippen LogP contribution in [0.4, 0.5) is 0 Å². The summed E-state index contributed by atoms with van der Waals surface area (Å²) in [5.41, 5.74) is 2.61. The van der Waals surface area contributed by atoms with Gasteiger partial charge in [-0.25, -0.2) is 0 Å². The fourth-order valence-corrected chi connectivity index (χ4v) is 3.17. The minimum absolute atomic E-state index is 0.134. The van der Waals surface area contributed by atoms with Gasteiger partial charge in [-0.2, -0.15) is 0 Å². The number of hydrogen-bond donors (Lipinski definition) is 1. The van der Waals surface area contributed by atoms with Crippen LogP contribution in [0.3, 0.4) is 0 Å². The van der Waals surface area contributed by atoms with Gasteiger partial charge in [-0.15, -0.1) is 0 Å². The monoisotopic (exact) mass is 277 g/mol. The number of methoxy groups -OCH3 is 1. The molecule has 1 rings (SSSR count). The molecule has 0 aliphatic carbocycles. The molecule has 0 saturated heterocycles. The maximum Gasteiger partial charge on any atom is 0.0867 e. The Bertz CT molecular complexity index is 388. The van der Waals surface area contributed by atoms with Crippen LogP contribution < -0.4 is 5.32 Å². The highest BCUT2D eigenvalue weighted by Crippen LogP contribution is 2.35. The van der Waals surface area contributed by atoms with Crippen LogP contribution in [0.15, 0.2) is 24.3 Å². The normalized spacial score (nSPS) is 13.8. The summed E-state index contributed by atoms with van der Waals surface area (Å²) < 4.78 is 5.90.